The average Bonchev–Trinajstić information content (AvgIpc) is 2.81. The third kappa shape index (κ3) is 4.13. The van der Waals surface area contributed by atoms with Gasteiger partial charge >= 0.3 is 0 Å². The first-order chi connectivity index (χ1) is 15.5. The van der Waals surface area contributed by atoms with Crippen molar-refractivity contribution in [1.29, 1.82) is 0 Å². The zero-order valence-corrected chi connectivity index (χ0v) is 18.9. The van der Waals surface area contributed by atoms with Crippen LogP contribution in [0.2, 0.25) is 0 Å². The fraction of sp³-hybridized carbons (Fsp3) is 0.240. The molecular weight excluding hydrogens is 424 g/mol. The highest BCUT2D eigenvalue weighted by molar-refractivity contribution is 7.89. The molecule has 6 nitrogen and oxygen atoms in total. The Morgan fingerprint density at radius 3 is 1.94 bits per heavy atom. The second-order valence-corrected chi connectivity index (χ2v) is 9.50. The van der Waals surface area contributed by atoms with E-state index in [0.717, 1.165) is 16.7 Å². The summed E-state index contributed by atoms with van der Waals surface area (Å²) >= 11 is 0. The monoisotopic (exact) mass is 450 g/mol. The molecule has 1 aliphatic rings. The predicted octanol–water partition coefficient (Wildman–Crippen LogP) is 4.27. The van der Waals surface area contributed by atoms with Crippen LogP contribution in [0.15, 0.2) is 77.7 Å². The van der Waals surface area contributed by atoms with Gasteiger partial charge in [-0.2, -0.15) is 4.31 Å². The SMILES string of the molecule is CCN(CC)S(=O)(=O)c1ccc(CNC(=O)C2c3ccccc3Oc3ccccc32)cc1. The minimum absolute atomic E-state index is 0.131. The lowest BCUT2D eigenvalue weighted by Gasteiger charge is -2.27. The highest BCUT2D eigenvalue weighted by atomic mass is 32.2. The fourth-order valence-electron chi connectivity index (χ4n) is 3.98. The van der Waals surface area contributed by atoms with E-state index in [2.05, 4.69) is 5.32 Å². The highest BCUT2D eigenvalue weighted by Crippen LogP contribution is 2.43. The van der Waals surface area contributed by atoms with Crippen LogP contribution in [-0.2, 0) is 21.4 Å². The van der Waals surface area contributed by atoms with Gasteiger partial charge in [0, 0.05) is 30.8 Å². The smallest absolute Gasteiger partial charge is 0.243 e. The van der Waals surface area contributed by atoms with Crippen LogP contribution in [0.1, 0.15) is 36.5 Å². The van der Waals surface area contributed by atoms with E-state index in [1.807, 2.05) is 62.4 Å². The zero-order valence-electron chi connectivity index (χ0n) is 18.1. The Bertz CT molecular complexity index is 1170. The summed E-state index contributed by atoms with van der Waals surface area (Å²) in [7, 11) is -3.50. The van der Waals surface area contributed by atoms with Crippen molar-refractivity contribution in [2.45, 2.75) is 31.2 Å². The average molecular weight is 451 g/mol. The Hall–Kier alpha value is -3.16. The van der Waals surface area contributed by atoms with Gasteiger partial charge in [0.15, 0.2) is 0 Å². The molecule has 0 spiro atoms. The first kappa shape index (κ1) is 22.0. The van der Waals surface area contributed by atoms with Crippen LogP contribution in [-0.4, -0.2) is 31.7 Å². The van der Waals surface area contributed by atoms with Crippen LogP contribution >= 0.6 is 0 Å². The maximum Gasteiger partial charge on any atom is 0.243 e. The van der Waals surface area contributed by atoms with Gasteiger partial charge in [0.25, 0.3) is 0 Å². The minimum atomic E-state index is -3.50. The summed E-state index contributed by atoms with van der Waals surface area (Å²) in [4.78, 5) is 13.5. The summed E-state index contributed by atoms with van der Waals surface area (Å²) in [5.41, 5.74) is 2.47. The van der Waals surface area contributed by atoms with E-state index < -0.39 is 15.9 Å². The molecule has 32 heavy (non-hydrogen) atoms. The summed E-state index contributed by atoms with van der Waals surface area (Å²) < 4.78 is 32.7. The number of carbonyl (C=O) groups excluding carboxylic acids is 1. The molecule has 0 saturated carbocycles. The van der Waals surface area contributed by atoms with Gasteiger partial charge in [-0.05, 0) is 29.8 Å². The maximum atomic E-state index is 13.2. The third-order valence-corrected chi connectivity index (χ3v) is 7.74. The van der Waals surface area contributed by atoms with Crippen molar-refractivity contribution in [3.05, 3.63) is 89.5 Å². The number of carbonyl (C=O) groups is 1. The molecule has 0 radical (unpaired) electrons. The van der Waals surface area contributed by atoms with Crippen molar-refractivity contribution in [1.82, 2.24) is 9.62 Å². The number of nitrogens with zero attached hydrogens (tertiary/aromatic N) is 1. The molecule has 1 heterocycles. The Kier molecular flexibility index (Phi) is 6.30. The van der Waals surface area contributed by atoms with E-state index in [1.165, 1.54) is 4.31 Å². The van der Waals surface area contributed by atoms with Crippen LogP contribution in [0, 0.1) is 0 Å². The summed E-state index contributed by atoms with van der Waals surface area (Å²) in [6.45, 7) is 4.77. The van der Waals surface area contributed by atoms with Gasteiger partial charge in [-0.3, -0.25) is 4.79 Å². The Morgan fingerprint density at radius 2 is 1.41 bits per heavy atom. The number of hydrogen-bond donors (Lipinski definition) is 1. The second-order valence-electron chi connectivity index (χ2n) is 7.56. The number of nitrogens with one attached hydrogen (secondary N) is 1. The third-order valence-electron chi connectivity index (χ3n) is 5.68. The molecule has 0 saturated heterocycles. The second kappa shape index (κ2) is 9.14. The lowest BCUT2D eigenvalue weighted by molar-refractivity contribution is -0.122. The molecule has 4 rings (SSSR count). The minimum Gasteiger partial charge on any atom is -0.457 e. The number of benzene rings is 3. The molecule has 0 bridgehead atoms. The van der Waals surface area contributed by atoms with E-state index in [-0.39, 0.29) is 10.8 Å². The van der Waals surface area contributed by atoms with Gasteiger partial charge in [0.2, 0.25) is 15.9 Å². The van der Waals surface area contributed by atoms with Crippen molar-refractivity contribution >= 4 is 15.9 Å². The highest BCUT2D eigenvalue weighted by Gasteiger charge is 2.32. The van der Waals surface area contributed by atoms with E-state index in [9.17, 15) is 13.2 Å². The van der Waals surface area contributed by atoms with Gasteiger partial charge < -0.3 is 10.1 Å². The summed E-state index contributed by atoms with van der Waals surface area (Å²) in [6.07, 6.45) is 0. The van der Waals surface area contributed by atoms with E-state index in [0.29, 0.717) is 31.1 Å². The standard InChI is InChI=1S/C25H26N2O4S/c1-3-27(4-2)32(29,30)19-15-13-18(14-16-19)17-26-25(28)24-20-9-5-7-11-22(20)31-23-12-8-6-10-21(23)24/h5-16,24H,3-4,17H2,1-2H3,(H,26,28). The molecule has 7 heteroatoms. The van der Waals surface area contributed by atoms with Crippen molar-refractivity contribution in [3.63, 3.8) is 0 Å². The summed E-state index contributed by atoms with van der Waals surface area (Å²) in [5, 5.41) is 3.00. The molecular formula is C25H26N2O4S. The summed E-state index contributed by atoms with van der Waals surface area (Å²) in [5.74, 6) is 0.751. The van der Waals surface area contributed by atoms with Gasteiger partial charge in [-0.25, -0.2) is 8.42 Å². The maximum absolute atomic E-state index is 13.2. The molecule has 166 valence electrons. The first-order valence-electron chi connectivity index (χ1n) is 10.7. The predicted molar refractivity (Wildman–Crippen MR) is 123 cm³/mol. The Morgan fingerprint density at radius 1 is 0.875 bits per heavy atom. The molecule has 0 fully saturated rings. The molecule has 3 aromatic carbocycles. The molecule has 1 N–H and O–H groups in total. The quantitative estimate of drug-likeness (QED) is 0.583. The molecule has 0 aliphatic carbocycles. The molecule has 0 atom stereocenters. The Labute approximate surface area is 188 Å². The van der Waals surface area contributed by atoms with Gasteiger partial charge in [-0.15, -0.1) is 0 Å². The van der Waals surface area contributed by atoms with E-state index in [1.54, 1.807) is 24.3 Å². The lowest BCUT2D eigenvalue weighted by atomic mass is 9.87. The fourth-order valence-corrected chi connectivity index (χ4v) is 5.43. The van der Waals surface area contributed by atoms with Crippen molar-refractivity contribution < 1.29 is 17.9 Å². The molecule has 3 aromatic rings. The number of fused-ring (bicyclic) bond motifs is 2. The van der Waals surface area contributed by atoms with Gasteiger partial charge in [0.05, 0.1) is 10.8 Å². The Balaban J connectivity index is 1.52. The number of amides is 1. The number of sulfonamides is 1. The van der Waals surface area contributed by atoms with Crippen LogP contribution in [0.5, 0.6) is 11.5 Å². The van der Waals surface area contributed by atoms with Crippen molar-refractivity contribution in [2.24, 2.45) is 0 Å². The number of ether oxygens (including phenoxy) is 1. The molecule has 0 aromatic heterocycles. The van der Waals surface area contributed by atoms with Gasteiger partial charge in [-0.1, -0.05) is 62.4 Å². The van der Waals surface area contributed by atoms with Crippen molar-refractivity contribution in [3.8, 4) is 11.5 Å². The molecule has 0 unspecified atom stereocenters. The number of para-hydroxylation sites is 2. The van der Waals surface area contributed by atoms with Crippen molar-refractivity contribution in [2.75, 3.05) is 13.1 Å². The van der Waals surface area contributed by atoms with Crippen LogP contribution in [0.25, 0.3) is 0 Å². The normalized spacial score (nSPS) is 13.2. The van der Waals surface area contributed by atoms with E-state index >= 15 is 0 Å². The number of hydrogen-bond acceptors (Lipinski definition) is 4. The largest absolute Gasteiger partial charge is 0.457 e. The summed E-state index contributed by atoms with van der Waals surface area (Å²) in [6, 6.07) is 21.8. The van der Waals surface area contributed by atoms with Crippen LogP contribution in [0.4, 0.5) is 0 Å². The van der Waals surface area contributed by atoms with Gasteiger partial charge in [0.1, 0.15) is 11.5 Å². The zero-order chi connectivity index (χ0) is 22.7. The van der Waals surface area contributed by atoms with Crippen LogP contribution in [0.3, 0.4) is 0 Å². The topological polar surface area (TPSA) is 75.7 Å². The molecule has 1 amide bonds. The van der Waals surface area contributed by atoms with E-state index in [4.69, 9.17) is 4.74 Å². The molecule has 1 aliphatic heterocycles. The number of rotatable bonds is 7. The van der Waals surface area contributed by atoms with Crippen LogP contribution < -0.4 is 10.1 Å². The first-order valence-corrected chi connectivity index (χ1v) is 12.1. The lowest BCUT2D eigenvalue weighted by Crippen LogP contribution is -2.31.